The quantitative estimate of drug-likeness (QED) is 0.899. The van der Waals surface area contributed by atoms with E-state index in [4.69, 9.17) is 5.73 Å². The van der Waals surface area contributed by atoms with Crippen molar-refractivity contribution in [1.29, 1.82) is 0 Å². The number of para-hydroxylation sites is 1. The Balaban J connectivity index is 1.82. The summed E-state index contributed by atoms with van der Waals surface area (Å²) in [6.07, 6.45) is 1.91. The van der Waals surface area contributed by atoms with E-state index in [1.54, 1.807) is 0 Å². The molecule has 0 bridgehead atoms. The molecule has 0 radical (unpaired) electrons. The van der Waals surface area contributed by atoms with E-state index in [2.05, 4.69) is 39.0 Å². The van der Waals surface area contributed by atoms with E-state index in [-0.39, 0.29) is 0 Å². The van der Waals surface area contributed by atoms with Gasteiger partial charge in [-0.25, -0.2) is 0 Å². The molecule has 4 heteroatoms. The van der Waals surface area contributed by atoms with Crippen molar-refractivity contribution in [3.63, 3.8) is 0 Å². The van der Waals surface area contributed by atoms with Crippen molar-refractivity contribution in [2.24, 2.45) is 5.73 Å². The minimum atomic E-state index is 0.748. The van der Waals surface area contributed by atoms with Crippen LogP contribution in [0.2, 0.25) is 0 Å². The zero-order chi connectivity index (χ0) is 13.1. The second-order valence-electron chi connectivity index (χ2n) is 4.96. The predicted octanol–water partition coefficient (Wildman–Crippen LogP) is 1.32. The van der Waals surface area contributed by atoms with Gasteiger partial charge < -0.3 is 10.6 Å². The highest BCUT2D eigenvalue weighted by Crippen LogP contribution is 2.25. The molecule has 19 heavy (non-hydrogen) atoms. The molecule has 4 nitrogen and oxygen atoms in total. The van der Waals surface area contributed by atoms with Gasteiger partial charge in [-0.05, 0) is 12.1 Å². The van der Waals surface area contributed by atoms with Crippen LogP contribution >= 0.6 is 0 Å². The summed E-state index contributed by atoms with van der Waals surface area (Å²) >= 11 is 0. The van der Waals surface area contributed by atoms with Crippen LogP contribution in [0.5, 0.6) is 0 Å². The van der Waals surface area contributed by atoms with E-state index in [0.29, 0.717) is 0 Å². The molecule has 2 N–H and O–H groups in total. The first-order valence-electron chi connectivity index (χ1n) is 6.89. The number of pyridine rings is 1. The molecule has 0 amide bonds. The normalized spacial score (nSPS) is 17.0. The Hall–Kier alpha value is -1.65. The molecule has 1 aliphatic rings. The van der Waals surface area contributed by atoms with Crippen molar-refractivity contribution in [1.82, 2.24) is 9.88 Å². The molecular weight excluding hydrogens is 236 g/mol. The molecule has 1 aliphatic heterocycles. The van der Waals surface area contributed by atoms with Crippen molar-refractivity contribution < 1.29 is 0 Å². The summed E-state index contributed by atoms with van der Waals surface area (Å²) in [5.74, 6) is 0. The second-order valence-corrected chi connectivity index (χ2v) is 4.96. The summed E-state index contributed by atoms with van der Waals surface area (Å²) in [5.41, 5.74) is 7.99. The topological polar surface area (TPSA) is 45.4 Å². The molecular formula is C15H20N4. The van der Waals surface area contributed by atoms with Gasteiger partial charge in [0.1, 0.15) is 0 Å². The first-order chi connectivity index (χ1) is 9.38. The van der Waals surface area contributed by atoms with Crippen LogP contribution in [0.3, 0.4) is 0 Å². The highest BCUT2D eigenvalue weighted by atomic mass is 15.3. The lowest BCUT2D eigenvalue weighted by atomic mass is 10.1. The van der Waals surface area contributed by atoms with E-state index in [1.807, 2.05) is 12.3 Å². The molecule has 100 valence electrons. The van der Waals surface area contributed by atoms with Crippen LogP contribution in [0.1, 0.15) is 0 Å². The summed E-state index contributed by atoms with van der Waals surface area (Å²) in [6, 6.07) is 10.5. The van der Waals surface area contributed by atoms with Crippen LogP contribution in [0.15, 0.2) is 36.5 Å². The molecule has 2 aromatic rings. The third-order valence-corrected chi connectivity index (χ3v) is 3.78. The van der Waals surface area contributed by atoms with Gasteiger partial charge in [-0.2, -0.15) is 0 Å². The monoisotopic (exact) mass is 256 g/mol. The van der Waals surface area contributed by atoms with E-state index >= 15 is 0 Å². The maximum atomic E-state index is 5.62. The number of piperazine rings is 1. The fourth-order valence-corrected chi connectivity index (χ4v) is 2.75. The number of anilines is 1. The van der Waals surface area contributed by atoms with Gasteiger partial charge in [-0.1, -0.05) is 18.2 Å². The summed E-state index contributed by atoms with van der Waals surface area (Å²) < 4.78 is 0. The third-order valence-electron chi connectivity index (χ3n) is 3.78. The number of nitrogens with two attached hydrogens (primary N) is 1. The first-order valence-corrected chi connectivity index (χ1v) is 6.89. The van der Waals surface area contributed by atoms with E-state index < -0.39 is 0 Å². The van der Waals surface area contributed by atoms with Crippen molar-refractivity contribution in [2.45, 2.75) is 0 Å². The number of benzene rings is 1. The number of fused-ring (bicyclic) bond motifs is 1. The average Bonchev–Trinajstić information content (AvgIpc) is 2.48. The first kappa shape index (κ1) is 12.4. The number of rotatable bonds is 3. The molecule has 3 rings (SSSR count). The lowest BCUT2D eigenvalue weighted by Crippen LogP contribution is -2.47. The smallest absolute Gasteiger partial charge is 0.0722 e. The molecule has 2 heterocycles. The number of hydrogen-bond acceptors (Lipinski definition) is 4. The fraction of sp³-hybridized carbons (Fsp3) is 0.400. The Morgan fingerprint density at radius 1 is 1.05 bits per heavy atom. The van der Waals surface area contributed by atoms with Crippen molar-refractivity contribution >= 4 is 16.6 Å². The van der Waals surface area contributed by atoms with Crippen molar-refractivity contribution in [3.05, 3.63) is 36.5 Å². The largest absolute Gasteiger partial charge is 0.368 e. The molecule has 0 saturated carbocycles. The minimum Gasteiger partial charge on any atom is -0.368 e. The van der Waals surface area contributed by atoms with Crippen LogP contribution in [-0.2, 0) is 0 Å². The fourth-order valence-electron chi connectivity index (χ4n) is 2.75. The Morgan fingerprint density at radius 3 is 2.63 bits per heavy atom. The molecule has 1 aromatic heterocycles. The average molecular weight is 256 g/mol. The lowest BCUT2D eigenvalue weighted by molar-refractivity contribution is 0.265. The molecule has 1 saturated heterocycles. The van der Waals surface area contributed by atoms with Gasteiger partial charge in [0.25, 0.3) is 0 Å². The highest BCUT2D eigenvalue weighted by molar-refractivity contribution is 5.91. The predicted molar refractivity (Wildman–Crippen MR) is 79.5 cm³/mol. The summed E-state index contributed by atoms with van der Waals surface area (Å²) in [5, 5.41) is 1.25. The van der Waals surface area contributed by atoms with Crippen molar-refractivity contribution in [2.75, 3.05) is 44.2 Å². The molecule has 1 fully saturated rings. The Kier molecular flexibility index (Phi) is 3.62. The molecule has 1 aromatic carbocycles. The Bertz CT molecular complexity index is 541. The second kappa shape index (κ2) is 5.55. The van der Waals surface area contributed by atoms with Crippen LogP contribution < -0.4 is 10.6 Å². The van der Waals surface area contributed by atoms with Gasteiger partial charge in [0.15, 0.2) is 0 Å². The molecule has 0 aliphatic carbocycles. The zero-order valence-electron chi connectivity index (χ0n) is 11.1. The van der Waals surface area contributed by atoms with E-state index in [1.165, 1.54) is 11.1 Å². The summed E-state index contributed by atoms with van der Waals surface area (Å²) in [4.78, 5) is 9.31. The maximum Gasteiger partial charge on any atom is 0.0722 e. The highest BCUT2D eigenvalue weighted by Gasteiger charge is 2.17. The summed E-state index contributed by atoms with van der Waals surface area (Å²) in [6.45, 7) is 6.06. The number of hydrogen-bond donors (Lipinski definition) is 1. The SMILES string of the molecule is NCCN1CCN(c2ccnc3ccccc23)CC1. The van der Waals surface area contributed by atoms with Gasteiger partial charge >= 0.3 is 0 Å². The number of nitrogens with zero attached hydrogens (tertiary/aromatic N) is 3. The van der Waals surface area contributed by atoms with Crippen LogP contribution in [0.4, 0.5) is 5.69 Å². The molecule has 0 spiro atoms. The van der Waals surface area contributed by atoms with Gasteiger partial charge in [-0.3, -0.25) is 9.88 Å². The lowest BCUT2D eigenvalue weighted by Gasteiger charge is -2.36. The van der Waals surface area contributed by atoms with Crippen LogP contribution in [0.25, 0.3) is 10.9 Å². The van der Waals surface area contributed by atoms with E-state index in [9.17, 15) is 0 Å². The maximum absolute atomic E-state index is 5.62. The van der Waals surface area contributed by atoms with Crippen LogP contribution in [-0.4, -0.2) is 49.2 Å². The Morgan fingerprint density at radius 2 is 1.84 bits per heavy atom. The zero-order valence-corrected chi connectivity index (χ0v) is 11.1. The van der Waals surface area contributed by atoms with Crippen molar-refractivity contribution in [3.8, 4) is 0 Å². The number of aromatic nitrogens is 1. The van der Waals surface area contributed by atoms with E-state index in [0.717, 1.165) is 44.8 Å². The molecule has 0 atom stereocenters. The molecule has 0 unspecified atom stereocenters. The Labute approximate surface area is 113 Å². The van der Waals surface area contributed by atoms with Gasteiger partial charge in [-0.15, -0.1) is 0 Å². The van der Waals surface area contributed by atoms with Crippen LogP contribution in [0, 0.1) is 0 Å². The van der Waals surface area contributed by atoms with Gasteiger partial charge in [0.2, 0.25) is 0 Å². The van der Waals surface area contributed by atoms with Gasteiger partial charge in [0, 0.05) is 56.5 Å². The summed E-state index contributed by atoms with van der Waals surface area (Å²) in [7, 11) is 0. The third kappa shape index (κ3) is 2.55. The minimum absolute atomic E-state index is 0.748. The van der Waals surface area contributed by atoms with Gasteiger partial charge in [0.05, 0.1) is 5.52 Å². The standard InChI is InChI=1S/C15H20N4/c16-6-8-18-9-11-19(12-10-18)15-5-7-17-14-4-2-1-3-13(14)15/h1-5,7H,6,8-12,16H2.